The second-order valence-electron chi connectivity index (χ2n) is 1.89. The highest BCUT2D eigenvalue weighted by Gasteiger charge is 2.19. The maximum atomic E-state index is 8.67. The van der Waals surface area contributed by atoms with Crippen LogP contribution < -0.4 is 5.32 Å². The maximum absolute atomic E-state index is 8.67. The first-order chi connectivity index (χ1) is 3.30. The zero-order valence-corrected chi connectivity index (χ0v) is 4.39. The van der Waals surface area contributed by atoms with Crippen LogP contribution in [-0.2, 0) is 0 Å². The van der Waals surface area contributed by atoms with Crippen LogP contribution in [0.4, 0.5) is 0 Å². The van der Waals surface area contributed by atoms with E-state index in [1.807, 2.05) is 0 Å². The summed E-state index contributed by atoms with van der Waals surface area (Å²) in [6, 6.07) is 0.361. The van der Waals surface area contributed by atoms with Crippen molar-refractivity contribution >= 4 is 0 Å². The van der Waals surface area contributed by atoms with E-state index in [1.165, 1.54) is 5.06 Å². The van der Waals surface area contributed by atoms with Crippen molar-refractivity contribution in [3.63, 3.8) is 0 Å². The number of rotatable bonds is 1. The standard InChI is InChI=1S/C4H10N2O/c1-6(7)4-2-5-3-4/h4-5,7H,2-3H2,1H3. The fourth-order valence-electron chi connectivity index (χ4n) is 0.538. The van der Waals surface area contributed by atoms with Gasteiger partial charge in [-0.05, 0) is 0 Å². The van der Waals surface area contributed by atoms with Crippen LogP contribution in [0.25, 0.3) is 0 Å². The summed E-state index contributed by atoms with van der Waals surface area (Å²) in [5, 5.41) is 13.0. The van der Waals surface area contributed by atoms with Gasteiger partial charge in [0.2, 0.25) is 0 Å². The molecule has 1 aliphatic rings. The summed E-state index contributed by atoms with van der Waals surface area (Å²) >= 11 is 0. The molecule has 1 heterocycles. The predicted molar refractivity (Wildman–Crippen MR) is 26.2 cm³/mol. The van der Waals surface area contributed by atoms with Gasteiger partial charge in [0, 0.05) is 20.1 Å². The van der Waals surface area contributed by atoms with Gasteiger partial charge < -0.3 is 10.5 Å². The SMILES string of the molecule is CN(O)C1CNC1. The first kappa shape index (κ1) is 5.03. The van der Waals surface area contributed by atoms with Crippen molar-refractivity contribution in [2.75, 3.05) is 20.1 Å². The van der Waals surface area contributed by atoms with Crippen molar-refractivity contribution in [2.24, 2.45) is 0 Å². The molecule has 0 saturated carbocycles. The quantitative estimate of drug-likeness (QED) is 0.429. The molecule has 0 aromatic carbocycles. The summed E-state index contributed by atoms with van der Waals surface area (Å²) in [4.78, 5) is 0. The largest absolute Gasteiger partial charge is 0.314 e. The molecule has 1 saturated heterocycles. The molecule has 1 rings (SSSR count). The molecule has 42 valence electrons. The summed E-state index contributed by atoms with van der Waals surface area (Å²) < 4.78 is 0. The van der Waals surface area contributed by atoms with Crippen molar-refractivity contribution in [2.45, 2.75) is 6.04 Å². The van der Waals surface area contributed by atoms with Gasteiger partial charge in [-0.25, -0.2) is 0 Å². The Labute approximate surface area is 42.9 Å². The van der Waals surface area contributed by atoms with Crippen LogP contribution in [0.15, 0.2) is 0 Å². The Morgan fingerprint density at radius 2 is 2.29 bits per heavy atom. The molecule has 3 heteroatoms. The first-order valence-electron chi connectivity index (χ1n) is 2.43. The van der Waals surface area contributed by atoms with E-state index >= 15 is 0 Å². The molecular weight excluding hydrogens is 92.1 g/mol. The number of hydrogen-bond donors (Lipinski definition) is 2. The zero-order chi connectivity index (χ0) is 5.28. The highest BCUT2D eigenvalue weighted by molar-refractivity contribution is 4.78. The van der Waals surface area contributed by atoms with E-state index in [2.05, 4.69) is 5.32 Å². The molecule has 0 aromatic heterocycles. The van der Waals surface area contributed by atoms with Crippen LogP contribution in [0.1, 0.15) is 0 Å². The van der Waals surface area contributed by atoms with Crippen molar-refractivity contribution < 1.29 is 5.21 Å². The average Bonchev–Trinajstić information content (AvgIpc) is 1.23. The van der Waals surface area contributed by atoms with E-state index in [9.17, 15) is 0 Å². The van der Waals surface area contributed by atoms with Gasteiger partial charge in [-0.1, -0.05) is 0 Å². The Morgan fingerprint density at radius 3 is 2.29 bits per heavy atom. The van der Waals surface area contributed by atoms with Gasteiger partial charge in [-0.2, -0.15) is 5.06 Å². The Morgan fingerprint density at radius 1 is 1.71 bits per heavy atom. The normalized spacial score (nSPS) is 22.7. The molecule has 7 heavy (non-hydrogen) atoms. The first-order valence-corrected chi connectivity index (χ1v) is 2.43. The van der Waals surface area contributed by atoms with Gasteiger partial charge in [0.15, 0.2) is 0 Å². The molecule has 0 amide bonds. The third-order valence-corrected chi connectivity index (χ3v) is 1.29. The predicted octanol–water partition coefficient (Wildman–Crippen LogP) is -0.721. The second-order valence-corrected chi connectivity index (χ2v) is 1.89. The number of hydroxylamine groups is 2. The maximum Gasteiger partial charge on any atom is 0.0596 e. The molecule has 0 unspecified atom stereocenters. The smallest absolute Gasteiger partial charge is 0.0596 e. The van der Waals surface area contributed by atoms with Gasteiger partial charge in [-0.15, -0.1) is 0 Å². The minimum Gasteiger partial charge on any atom is -0.314 e. The lowest BCUT2D eigenvalue weighted by Gasteiger charge is -2.30. The van der Waals surface area contributed by atoms with Crippen molar-refractivity contribution in [3.8, 4) is 0 Å². The van der Waals surface area contributed by atoms with E-state index < -0.39 is 0 Å². The molecule has 0 bridgehead atoms. The van der Waals surface area contributed by atoms with Crippen LogP contribution in [0.5, 0.6) is 0 Å². The van der Waals surface area contributed by atoms with E-state index in [0.29, 0.717) is 6.04 Å². The minimum absolute atomic E-state index is 0.361. The van der Waals surface area contributed by atoms with Gasteiger partial charge in [0.25, 0.3) is 0 Å². The van der Waals surface area contributed by atoms with Crippen LogP contribution in [-0.4, -0.2) is 36.4 Å². The molecule has 3 nitrogen and oxygen atoms in total. The molecule has 1 aliphatic heterocycles. The van der Waals surface area contributed by atoms with Crippen LogP contribution in [0.3, 0.4) is 0 Å². The summed E-state index contributed by atoms with van der Waals surface area (Å²) in [6.45, 7) is 1.85. The third-order valence-electron chi connectivity index (χ3n) is 1.29. The molecule has 2 N–H and O–H groups in total. The van der Waals surface area contributed by atoms with Crippen molar-refractivity contribution in [3.05, 3.63) is 0 Å². The lowest BCUT2D eigenvalue weighted by molar-refractivity contribution is -0.115. The molecule has 0 radical (unpaired) electrons. The fraction of sp³-hybridized carbons (Fsp3) is 1.00. The van der Waals surface area contributed by atoms with Gasteiger partial charge >= 0.3 is 0 Å². The molecule has 1 fully saturated rings. The number of nitrogens with one attached hydrogen (secondary N) is 1. The van der Waals surface area contributed by atoms with Crippen LogP contribution in [0.2, 0.25) is 0 Å². The van der Waals surface area contributed by atoms with Crippen LogP contribution >= 0.6 is 0 Å². The van der Waals surface area contributed by atoms with Gasteiger partial charge in [0.05, 0.1) is 6.04 Å². The highest BCUT2D eigenvalue weighted by atomic mass is 16.5. The lowest BCUT2D eigenvalue weighted by atomic mass is 10.2. The second kappa shape index (κ2) is 1.78. The molecule has 0 aliphatic carbocycles. The molecule has 0 aromatic rings. The summed E-state index contributed by atoms with van der Waals surface area (Å²) in [5.74, 6) is 0. The van der Waals surface area contributed by atoms with Crippen molar-refractivity contribution in [1.29, 1.82) is 0 Å². The van der Waals surface area contributed by atoms with Gasteiger partial charge in [-0.3, -0.25) is 0 Å². The number of likely N-dealkylation sites (N-methyl/N-ethyl adjacent to an activating group) is 1. The summed E-state index contributed by atoms with van der Waals surface area (Å²) in [5.41, 5.74) is 0. The van der Waals surface area contributed by atoms with Gasteiger partial charge in [0.1, 0.15) is 0 Å². The Kier molecular flexibility index (Phi) is 1.27. The molecule has 0 spiro atoms. The lowest BCUT2D eigenvalue weighted by Crippen LogP contribution is -2.54. The van der Waals surface area contributed by atoms with E-state index in [0.717, 1.165) is 13.1 Å². The molecule has 0 atom stereocenters. The summed E-state index contributed by atoms with van der Waals surface area (Å²) in [6.07, 6.45) is 0. The Hall–Kier alpha value is -0.120. The molecular formula is C4H10N2O. The van der Waals surface area contributed by atoms with Crippen LogP contribution in [0, 0.1) is 0 Å². The van der Waals surface area contributed by atoms with E-state index in [-0.39, 0.29) is 0 Å². The van der Waals surface area contributed by atoms with E-state index in [4.69, 9.17) is 5.21 Å². The van der Waals surface area contributed by atoms with Crippen molar-refractivity contribution in [1.82, 2.24) is 10.4 Å². The minimum atomic E-state index is 0.361. The average molecular weight is 102 g/mol. The number of hydrogen-bond acceptors (Lipinski definition) is 3. The van der Waals surface area contributed by atoms with E-state index in [1.54, 1.807) is 7.05 Å². The Balaban J connectivity index is 2.14. The number of nitrogens with zero attached hydrogens (tertiary/aromatic N) is 1. The third kappa shape index (κ3) is 0.907. The summed E-state index contributed by atoms with van der Waals surface area (Å²) in [7, 11) is 1.67. The Bertz CT molecular complexity index is 60.7. The highest BCUT2D eigenvalue weighted by Crippen LogP contribution is 1.96. The zero-order valence-electron chi connectivity index (χ0n) is 4.39. The fourth-order valence-corrected chi connectivity index (χ4v) is 0.538. The monoisotopic (exact) mass is 102 g/mol. The topological polar surface area (TPSA) is 35.5 Å².